The van der Waals surface area contributed by atoms with Gasteiger partial charge in [-0.1, -0.05) is 12.1 Å². The monoisotopic (exact) mass is 350 g/mol. The van der Waals surface area contributed by atoms with Crippen LogP contribution >= 0.6 is 0 Å². The summed E-state index contributed by atoms with van der Waals surface area (Å²) in [5, 5.41) is 0. The molecule has 0 aliphatic rings. The average Bonchev–Trinajstić information content (AvgIpc) is 2.43. The van der Waals surface area contributed by atoms with Crippen molar-refractivity contribution in [3.8, 4) is 0 Å². The van der Waals surface area contributed by atoms with Crippen LogP contribution in [0.1, 0.15) is 63.4 Å². The summed E-state index contributed by atoms with van der Waals surface area (Å²) in [7, 11) is 1.28. The van der Waals surface area contributed by atoms with Gasteiger partial charge in [-0.15, -0.1) is 0 Å². The van der Waals surface area contributed by atoms with Crippen molar-refractivity contribution in [2.24, 2.45) is 0 Å². The summed E-state index contributed by atoms with van der Waals surface area (Å²) in [6.45, 7) is 10.3. The Labute approximate surface area is 148 Å². The molecule has 6 heteroatoms. The highest BCUT2D eigenvalue weighted by Crippen LogP contribution is 2.25. The molecule has 0 spiro atoms. The summed E-state index contributed by atoms with van der Waals surface area (Å²) < 4.78 is 15.4. The van der Waals surface area contributed by atoms with Crippen molar-refractivity contribution in [1.82, 2.24) is 0 Å². The summed E-state index contributed by atoms with van der Waals surface area (Å²) in [6, 6.07) is 6.02. The molecule has 6 nitrogen and oxygen atoms in total. The molecule has 0 aliphatic heterocycles. The molecule has 0 aromatic heterocycles. The van der Waals surface area contributed by atoms with Crippen molar-refractivity contribution in [3.05, 3.63) is 35.4 Å². The predicted molar refractivity (Wildman–Crippen MR) is 92.2 cm³/mol. The van der Waals surface area contributed by atoms with Crippen LogP contribution in [0.5, 0.6) is 0 Å². The predicted octanol–water partition coefficient (Wildman–Crippen LogP) is 3.24. The van der Waals surface area contributed by atoms with Gasteiger partial charge in [-0.3, -0.25) is 9.59 Å². The van der Waals surface area contributed by atoms with Gasteiger partial charge in [-0.25, -0.2) is 4.79 Å². The standard InChI is InChI=1S/C19H26O6/c1-18(2,3)24-16(21)14(17(22)25-19(4,5)6)12-8-10-13(11-9-12)15(20)23-7/h8-11,14H,1-7H3. The Morgan fingerprint density at radius 2 is 1.20 bits per heavy atom. The maximum atomic E-state index is 12.5. The normalized spacial score (nSPS) is 11.8. The maximum Gasteiger partial charge on any atom is 0.337 e. The molecule has 0 saturated heterocycles. The number of carbonyl (C=O) groups is 3. The fourth-order valence-corrected chi connectivity index (χ4v) is 2.02. The number of ether oxygens (including phenoxy) is 3. The van der Waals surface area contributed by atoms with Crippen molar-refractivity contribution >= 4 is 17.9 Å². The molecule has 0 fully saturated rings. The number of benzene rings is 1. The first kappa shape index (κ1) is 20.7. The van der Waals surface area contributed by atoms with Crippen LogP contribution < -0.4 is 0 Å². The van der Waals surface area contributed by atoms with Crippen molar-refractivity contribution in [1.29, 1.82) is 0 Å². The molecule has 1 rings (SSSR count). The number of esters is 3. The third-order valence-electron chi connectivity index (χ3n) is 2.95. The quantitative estimate of drug-likeness (QED) is 0.471. The molecule has 0 saturated carbocycles. The van der Waals surface area contributed by atoms with Crippen LogP contribution in [0.4, 0.5) is 0 Å². The summed E-state index contributed by atoms with van der Waals surface area (Å²) in [5.41, 5.74) is -0.790. The van der Waals surface area contributed by atoms with E-state index in [0.717, 1.165) is 0 Å². The van der Waals surface area contributed by atoms with E-state index in [1.165, 1.54) is 31.4 Å². The van der Waals surface area contributed by atoms with Gasteiger partial charge in [0.1, 0.15) is 11.2 Å². The lowest BCUT2D eigenvalue weighted by molar-refractivity contribution is -0.169. The van der Waals surface area contributed by atoms with Gasteiger partial charge in [-0.2, -0.15) is 0 Å². The minimum Gasteiger partial charge on any atom is -0.465 e. The zero-order valence-electron chi connectivity index (χ0n) is 15.8. The minimum absolute atomic E-state index is 0.318. The van der Waals surface area contributed by atoms with Crippen molar-refractivity contribution in [2.45, 2.75) is 58.7 Å². The van der Waals surface area contributed by atoms with Gasteiger partial charge in [0.15, 0.2) is 5.92 Å². The summed E-state index contributed by atoms with van der Waals surface area (Å²) in [6.07, 6.45) is 0. The molecule has 138 valence electrons. The first-order valence-electron chi connectivity index (χ1n) is 7.98. The second-order valence-electron chi connectivity index (χ2n) is 7.61. The van der Waals surface area contributed by atoms with Gasteiger partial charge in [-0.05, 0) is 59.2 Å². The third-order valence-corrected chi connectivity index (χ3v) is 2.95. The van der Waals surface area contributed by atoms with E-state index >= 15 is 0 Å². The molecule has 1 aromatic carbocycles. The Morgan fingerprint density at radius 3 is 1.52 bits per heavy atom. The van der Waals surface area contributed by atoms with Gasteiger partial charge in [0, 0.05) is 0 Å². The van der Waals surface area contributed by atoms with Crippen molar-refractivity contribution < 1.29 is 28.6 Å². The molecule has 0 amide bonds. The Hall–Kier alpha value is -2.37. The molecule has 0 unspecified atom stereocenters. The van der Waals surface area contributed by atoms with Crippen molar-refractivity contribution in [3.63, 3.8) is 0 Å². The summed E-state index contributed by atoms with van der Waals surface area (Å²) >= 11 is 0. The second kappa shape index (κ2) is 7.68. The van der Waals surface area contributed by atoms with Crippen LogP contribution in [0.25, 0.3) is 0 Å². The zero-order chi connectivity index (χ0) is 19.4. The van der Waals surface area contributed by atoms with Crippen LogP contribution in [0.3, 0.4) is 0 Å². The maximum absolute atomic E-state index is 12.5. The molecule has 0 heterocycles. The highest BCUT2D eigenvalue weighted by atomic mass is 16.6. The smallest absolute Gasteiger partial charge is 0.337 e. The molecule has 0 N–H and O–H groups in total. The number of hydrogen-bond donors (Lipinski definition) is 0. The van der Waals surface area contributed by atoms with Crippen LogP contribution in [-0.4, -0.2) is 36.2 Å². The van der Waals surface area contributed by atoms with Crippen LogP contribution in [-0.2, 0) is 23.8 Å². The first-order valence-corrected chi connectivity index (χ1v) is 7.98. The molecular weight excluding hydrogens is 324 g/mol. The SMILES string of the molecule is COC(=O)c1ccc(C(C(=O)OC(C)(C)C)C(=O)OC(C)(C)C)cc1. The molecule has 0 atom stereocenters. The molecule has 25 heavy (non-hydrogen) atoms. The Balaban J connectivity index is 3.19. The average molecular weight is 350 g/mol. The molecule has 0 radical (unpaired) electrons. The van der Waals surface area contributed by atoms with E-state index < -0.39 is 35.0 Å². The highest BCUT2D eigenvalue weighted by molar-refractivity contribution is 6.01. The lowest BCUT2D eigenvalue weighted by atomic mass is 9.97. The number of carbonyl (C=O) groups excluding carboxylic acids is 3. The number of rotatable bonds is 4. The van der Waals surface area contributed by atoms with Crippen LogP contribution in [0, 0.1) is 0 Å². The van der Waals surface area contributed by atoms with Gasteiger partial charge in [0.25, 0.3) is 0 Å². The molecule has 0 aliphatic carbocycles. The van der Waals surface area contributed by atoms with E-state index in [1.54, 1.807) is 41.5 Å². The topological polar surface area (TPSA) is 78.9 Å². The molecule has 1 aromatic rings. The Kier molecular flexibility index (Phi) is 6.35. The van der Waals surface area contributed by atoms with E-state index in [1.807, 2.05) is 0 Å². The molecule has 0 bridgehead atoms. The van der Waals surface area contributed by atoms with Gasteiger partial charge in [0.2, 0.25) is 0 Å². The van der Waals surface area contributed by atoms with E-state index in [9.17, 15) is 14.4 Å². The largest absolute Gasteiger partial charge is 0.465 e. The lowest BCUT2D eigenvalue weighted by Crippen LogP contribution is -2.35. The fourth-order valence-electron chi connectivity index (χ4n) is 2.02. The van der Waals surface area contributed by atoms with E-state index in [0.29, 0.717) is 11.1 Å². The molecular formula is C19H26O6. The fraction of sp³-hybridized carbons (Fsp3) is 0.526. The van der Waals surface area contributed by atoms with Gasteiger partial charge >= 0.3 is 17.9 Å². The Morgan fingerprint density at radius 1 is 0.800 bits per heavy atom. The lowest BCUT2D eigenvalue weighted by Gasteiger charge is -2.26. The van der Waals surface area contributed by atoms with Crippen molar-refractivity contribution in [2.75, 3.05) is 7.11 Å². The number of methoxy groups -OCH3 is 1. The third kappa shape index (κ3) is 6.57. The first-order chi connectivity index (χ1) is 11.3. The van der Waals surface area contributed by atoms with E-state index in [2.05, 4.69) is 4.74 Å². The van der Waals surface area contributed by atoms with E-state index in [4.69, 9.17) is 9.47 Å². The number of hydrogen-bond acceptors (Lipinski definition) is 6. The second-order valence-corrected chi connectivity index (χ2v) is 7.61. The Bertz CT molecular complexity index is 603. The highest BCUT2D eigenvalue weighted by Gasteiger charge is 2.36. The van der Waals surface area contributed by atoms with Gasteiger partial charge < -0.3 is 14.2 Å². The van der Waals surface area contributed by atoms with Crippen LogP contribution in [0.2, 0.25) is 0 Å². The zero-order valence-corrected chi connectivity index (χ0v) is 15.8. The van der Waals surface area contributed by atoms with E-state index in [-0.39, 0.29) is 0 Å². The summed E-state index contributed by atoms with van der Waals surface area (Å²) in [4.78, 5) is 36.6. The van der Waals surface area contributed by atoms with Crippen LogP contribution in [0.15, 0.2) is 24.3 Å². The summed E-state index contributed by atoms with van der Waals surface area (Å²) in [5.74, 6) is -3.14. The van der Waals surface area contributed by atoms with Gasteiger partial charge in [0.05, 0.1) is 12.7 Å². The minimum atomic E-state index is -1.23.